The zero-order chi connectivity index (χ0) is 13.4. The van der Waals surface area contributed by atoms with Crippen molar-refractivity contribution in [1.29, 1.82) is 0 Å². The van der Waals surface area contributed by atoms with Gasteiger partial charge in [0.15, 0.2) is 0 Å². The maximum absolute atomic E-state index is 9.80. The molecular weight excluding hydrogens is 232 g/mol. The number of ether oxygens (including phenoxy) is 2. The number of hydrogen-bond donors (Lipinski definition) is 2. The normalized spacial score (nSPS) is 12.7. The summed E-state index contributed by atoms with van der Waals surface area (Å²) in [4.78, 5) is 2.00. The summed E-state index contributed by atoms with van der Waals surface area (Å²) >= 11 is 0. The number of hydrogen-bond acceptors (Lipinski definition) is 5. The first-order valence-electron chi connectivity index (χ1n) is 5.95. The first-order valence-corrected chi connectivity index (χ1v) is 5.95. The van der Waals surface area contributed by atoms with Crippen molar-refractivity contribution in [2.75, 3.05) is 46.2 Å². The Morgan fingerprint density at radius 1 is 1.33 bits per heavy atom. The van der Waals surface area contributed by atoms with Crippen LogP contribution in [-0.4, -0.2) is 56.6 Å². The van der Waals surface area contributed by atoms with Crippen LogP contribution in [0.1, 0.15) is 0 Å². The Balaban J connectivity index is 2.24. The average Bonchev–Trinajstić information content (AvgIpc) is 2.35. The summed E-state index contributed by atoms with van der Waals surface area (Å²) in [5.74, 6) is 0.711. The highest BCUT2D eigenvalue weighted by atomic mass is 16.5. The van der Waals surface area contributed by atoms with Crippen LogP contribution in [0.4, 0.5) is 5.69 Å². The van der Waals surface area contributed by atoms with Gasteiger partial charge >= 0.3 is 0 Å². The van der Waals surface area contributed by atoms with Crippen LogP contribution in [0.2, 0.25) is 0 Å². The molecule has 0 spiro atoms. The maximum atomic E-state index is 9.80. The zero-order valence-corrected chi connectivity index (χ0v) is 11.0. The molecule has 1 atom stereocenters. The van der Waals surface area contributed by atoms with Gasteiger partial charge in [-0.2, -0.15) is 0 Å². The van der Waals surface area contributed by atoms with Gasteiger partial charge in [0.05, 0.1) is 6.61 Å². The third-order valence-corrected chi connectivity index (χ3v) is 2.52. The molecule has 0 aliphatic rings. The summed E-state index contributed by atoms with van der Waals surface area (Å²) in [6.45, 7) is 2.26. The first kappa shape index (κ1) is 14.8. The molecule has 5 heteroatoms. The number of nitrogens with two attached hydrogens (primary N) is 1. The monoisotopic (exact) mass is 254 g/mol. The molecule has 1 rings (SSSR count). The Morgan fingerprint density at radius 3 is 2.61 bits per heavy atom. The molecule has 0 heterocycles. The average molecular weight is 254 g/mol. The molecule has 0 saturated carbocycles. The predicted octanol–water partition coefficient (Wildman–Crippen LogP) is 0.587. The van der Waals surface area contributed by atoms with Crippen LogP contribution in [0.3, 0.4) is 0 Å². The van der Waals surface area contributed by atoms with Crippen LogP contribution in [0, 0.1) is 0 Å². The van der Waals surface area contributed by atoms with Crippen molar-refractivity contribution >= 4 is 5.69 Å². The van der Waals surface area contributed by atoms with E-state index in [1.807, 2.05) is 11.9 Å². The van der Waals surface area contributed by atoms with Gasteiger partial charge in [0.2, 0.25) is 0 Å². The summed E-state index contributed by atoms with van der Waals surface area (Å²) in [7, 11) is 3.60. The predicted molar refractivity (Wildman–Crippen MR) is 71.7 cm³/mol. The molecule has 0 aliphatic heterocycles. The van der Waals surface area contributed by atoms with Gasteiger partial charge in [-0.05, 0) is 31.3 Å². The number of aliphatic hydroxyl groups is 1. The van der Waals surface area contributed by atoms with E-state index in [1.165, 1.54) is 0 Å². The fraction of sp³-hybridized carbons (Fsp3) is 0.538. The van der Waals surface area contributed by atoms with Crippen molar-refractivity contribution in [3.63, 3.8) is 0 Å². The van der Waals surface area contributed by atoms with Crippen molar-refractivity contribution in [1.82, 2.24) is 4.90 Å². The SMILES string of the molecule is COCCN(C)CC(O)COc1ccc(N)cc1. The Bertz CT molecular complexity index is 330. The van der Waals surface area contributed by atoms with Crippen molar-refractivity contribution in [3.05, 3.63) is 24.3 Å². The van der Waals surface area contributed by atoms with Gasteiger partial charge in [-0.15, -0.1) is 0 Å². The van der Waals surface area contributed by atoms with E-state index in [4.69, 9.17) is 15.2 Å². The molecule has 102 valence electrons. The molecule has 0 saturated heterocycles. The highest BCUT2D eigenvalue weighted by Gasteiger charge is 2.08. The standard InChI is InChI=1S/C13H22N2O3/c1-15(7-8-17-2)9-12(16)10-18-13-5-3-11(14)4-6-13/h3-6,12,16H,7-10,14H2,1-2H3. The Labute approximate surface area is 108 Å². The number of anilines is 1. The van der Waals surface area contributed by atoms with Gasteiger partial charge in [0.1, 0.15) is 18.5 Å². The number of nitrogen functional groups attached to an aromatic ring is 1. The quantitative estimate of drug-likeness (QED) is 0.664. The van der Waals surface area contributed by atoms with E-state index in [0.717, 1.165) is 6.54 Å². The van der Waals surface area contributed by atoms with Crippen LogP contribution >= 0.6 is 0 Å². The number of methoxy groups -OCH3 is 1. The minimum Gasteiger partial charge on any atom is -0.491 e. The van der Waals surface area contributed by atoms with E-state index in [1.54, 1.807) is 31.4 Å². The van der Waals surface area contributed by atoms with Gasteiger partial charge in [-0.3, -0.25) is 0 Å². The van der Waals surface area contributed by atoms with Crippen LogP contribution in [0.5, 0.6) is 5.75 Å². The largest absolute Gasteiger partial charge is 0.491 e. The number of likely N-dealkylation sites (N-methyl/N-ethyl adjacent to an activating group) is 1. The number of rotatable bonds is 8. The van der Waals surface area contributed by atoms with Crippen LogP contribution in [-0.2, 0) is 4.74 Å². The van der Waals surface area contributed by atoms with E-state index in [0.29, 0.717) is 24.6 Å². The van der Waals surface area contributed by atoms with Crippen molar-refractivity contribution < 1.29 is 14.6 Å². The van der Waals surface area contributed by atoms with E-state index >= 15 is 0 Å². The topological polar surface area (TPSA) is 68.0 Å². The third kappa shape index (κ3) is 5.86. The molecule has 0 aromatic heterocycles. The second-order valence-electron chi connectivity index (χ2n) is 4.29. The lowest BCUT2D eigenvalue weighted by molar-refractivity contribution is 0.0668. The number of aliphatic hydroxyl groups excluding tert-OH is 1. The van der Waals surface area contributed by atoms with Crippen molar-refractivity contribution in [3.8, 4) is 5.75 Å². The van der Waals surface area contributed by atoms with Crippen molar-refractivity contribution in [2.24, 2.45) is 0 Å². The lowest BCUT2D eigenvalue weighted by Gasteiger charge is -2.20. The van der Waals surface area contributed by atoms with Crippen molar-refractivity contribution in [2.45, 2.75) is 6.10 Å². The molecular formula is C13H22N2O3. The lowest BCUT2D eigenvalue weighted by atomic mass is 10.3. The number of nitrogens with zero attached hydrogens (tertiary/aromatic N) is 1. The van der Waals surface area contributed by atoms with Gasteiger partial charge < -0.3 is 25.2 Å². The fourth-order valence-electron chi connectivity index (χ4n) is 1.51. The van der Waals surface area contributed by atoms with Crippen LogP contribution in [0.25, 0.3) is 0 Å². The summed E-state index contributed by atoms with van der Waals surface area (Å²) < 4.78 is 10.4. The molecule has 0 bridgehead atoms. The zero-order valence-electron chi connectivity index (χ0n) is 11.0. The lowest BCUT2D eigenvalue weighted by Crippen LogP contribution is -2.34. The molecule has 0 radical (unpaired) electrons. The fourth-order valence-corrected chi connectivity index (χ4v) is 1.51. The van der Waals surface area contributed by atoms with Gasteiger partial charge in [-0.1, -0.05) is 0 Å². The van der Waals surface area contributed by atoms with Gasteiger partial charge in [0.25, 0.3) is 0 Å². The van der Waals surface area contributed by atoms with E-state index in [2.05, 4.69) is 0 Å². The third-order valence-electron chi connectivity index (χ3n) is 2.52. The van der Waals surface area contributed by atoms with E-state index < -0.39 is 6.10 Å². The maximum Gasteiger partial charge on any atom is 0.119 e. The Kier molecular flexibility index (Phi) is 6.49. The molecule has 1 aromatic carbocycles. The first-order chi connectivity index (χ1) is 8.61. The molecule has 18 heavy (non-hydrogen) atoms. The van der Waals surface area contributed by atoms with Crippen LogP contribution < -0.4 is 10.5 Å². The Morgan fingerprint density at radius 2 is 2.00 bits per heavy atom. The van der Waals surface area contributed by atoms with Gasteiger partial charge in [0, 0.05) is 25.9 Å². The minimum absolute atomic E-state index is 0.265. The van der Waals surface area contributed by atoms with E-state index in [-0.39, 0.29) is 6.61 Å². The smallest absolute Gasteiger partial charge is 0.119 e. The number of benzene rings is 1. The van der Waals surface area contributed by atoms with Gasteiger partial charge in [-0.25, -0.2) is 0 Å². The van der Waals surface area contributed by atoms with Crippen LogP contribution in [0.15, 0.2) is 24.3 Å². The second kappa shape index (κ2) is 7.92. The summed E-state index contributed by atoms with van der Waals surface area (Å²) in [6.07, 6.45) is -0.524. The summed E-state index contributed by atoms with van der Waals surface area (Å²) in [6, 6.07) is 7.12. The molecule has 1 unspecified atom stereocenters. The second-order valence-corrected chi connectivity index (χ2v) is 4.29. The molecule has 5 nitrogen and oxygen atoms in total. The Hall–Kier alpha value is -1.30. The van der Waals surface area contributed by atoms with E-state index in [9.17, 15) is 5.11 Å². The molecule has 1 aromatic rings. The molecule has 0 fully saturated rings. The minimum atomic E-state index is -0.524. The highest BCUT2D eigenvalue weighted by molar-refractivity contribution is 5.41. The molecule has 0 aliphatic carbocycles. The molecule has 0 amide bonds. The summed E-state index contributed by atoms with van der Waals surface area (Å²) in [5, 5.41) is 9.80. The summed E-state index contributed by atoms with van der Waals surface area (Å²) in [5.41, 5.74) is 6.27. The highest BCUT2D eigenvalue weighted by Crippen LogP contribution is 2.13. The molecule has 3 N–H and O–H groups in total.